The van der Waals surface area contributed by atoms with Gasteiger partial charge in [0.25, 0.3) is 5.22 Å². The zero-order valence-electron chi connectivity index (χ0n) is 11.3. The number of thioether (sulfide) groups is 2. The summed E-state index contributed by atoms with van der Waals surface area (Å²) in [5.41, 5.74) is 0.455. The van der Waals surface area contributed by atoms with Crippen molar-refractivity contribution in [2.45, 2.75) is 17.5 Å². The van der Waals surface area contributed by atoms with Gasteiger partial charge in [-0.3, -0.25) is 4.79 Å². The normalized spacial score (nSPS) is 10.6. The summed E-state index contributed by atoms with van der Waals surface area (Å²) in [6.07, 6.45) is 1.94. The topological polar surface area (TPSA) is 68.0 Å². The number of hydrogen-bond donors (Lipinski definition) is 1. The van der Waals surface area contributed by atoms with Crippen LogP contribution >= 0.6 is 23.5 Å². The van der Waals surface area contributed by atoms with Gasteiger partial charge in [-0.1, -0.05) is 30.0 Å². The molecule has 1 aromatic heterocycles. The average Bonchev–Trinajstić information content (AvgIpc) is 2.92. The zero-order valence-corrected chi connectivity index (χ0v) is 13.0. The Hall–Kier alpha value is -1.54. The average molecular weight is 327 g/mol. The van der Waals surface area contributed by atoms with E-state index in [0.717, 1.165) is 11.8 Å². The third kappa shape index (κ3) is 5.05. The van der Waals surface area contributed by atoms with Crippen LogP contribution in [0.5, 0.6) is 0 Å². The van der Waals surface area contributed by atoms with Crippen molar-refractivity contribution in [3.05, 3.63) is 41.5 Å². The maximum absolute atomic E-state index is 13.4. The largest absolute Gasteiger partial charge is 0.415 e. The van der Waals surface area contributed by atoms with E-state index in [0.29, 0.717) is 22.4 Å². The van der Waals surface area contributed by atoms with Gasteiger partial charge >= 0.3 is 0 Å². The van der Waals surface area contributed by atoms with Gasteiger partial charge in [0.15, 0.2) is 0 Å². The summed E-state index contributed by atoms with van der Waals surface area (Å²) in [6.45, 7) is 0.160. The molecular weight excluding hydrogens is 313 g/mol. The fourth-order valence-corrected chi connectivity index (χ4v) is 2.47. The molecule has 0 fully saturated rings. The summed E-state index contributed by atoms with van der Waals surface area (Å²) in [6, 6.07) is 6.33. The smallest absolute Gasteiger partial charge is 0.277 e. The van der Waals surface area contributed by atoms with Crippen LogP contribution in [-0.4, -0.2) is 28.1 Å². The summed E-state index contributed by atoms with van der Waals surface area (Å²) in [7, 11) is 0. The van der Waals surface area contributed by atoms with Gasteiger partial charge in [-0.05, 0) is 12.3 Å². The van der Waals surface area contributed by atoms with Gasteiger partial charge in [0.1, 0.15) is 5.82 Å². The van der Waals surface area contributed by atoms with Crippen molar-refractivity contribution < 1.29 is 13.6 Å². The molecule has 0 aliphatic heterocycles. The van der Waals surface area contributed by atoms with Crippen molar-refractivity contribution in [1.29, 1.82) is 0 Å². The first-order valence-corrected chi connectivity index (χ1v) is 8.51. The molecule has 1 aromatic carbocycles. The zero-order chi connectivity index (χ0) is 15.1. The number of amides is 1. The maximum Gasteiger partial charge on any atom is 0.277 e. The quantitative estimate of drug-likeness (QED) is 0.788. The van der Waals surface area contributed by atoms with Crippen LogP contribution in [0.25, 0.3) is 0 Å². The van der Waals surface area contributed by atoms with Gasteiger partial charge in [0, 0.05) is 12.1 Å². The van der Waals surface area contributed by atoms with Crippen molar-refractivity contribution in [2.75, 3.05) is 12.0 Å². The fourth-order valence-electron chi connectivity index (χ4n) is 1.49. The van der Waals surface area contributed by atoms with Crippen molar-refractivity contribution >= 4 is 29.4 Å². The van der Waals surface area contributed by atoms with E-state index in [1.807, 2.05) is 6.26 Å². The number of nitrogens with one attached hydrogen (secondary N) is 1. The Morgan fingerprint density at radius 2 is 2.19 bits per heavy atom. The van der Waals surface area contributed by atoms with Gasteiger partial charge < -0.3 is 9.73 Å². The molecule has 0 saturated heterocycles. The van der Waals surface area contributed by atoms with Gasteiger partial charge in [-0.2, -0.15) is 11.8 Å². The third-order valence-corrected chi connectivity index (χ3v) is 3.83. The standard InChI is InChI=1S/C13H14FN3O2S2/c1-20-8-12-16-17-13(19-12)21-7-11(18)15-6-9-4-2-3-5-10(9)14/h2-5H,6-8H2,1H3,(H,15,18). The molecule has 112 valence electrons. The lowest BCUT2D eigenvalue weighted by Gasteiger charge is -2.05. The molecule has 0 bridgehead atoms. The highest BCUT2D eigenvalue weighted by molar-refractivity contribution is 7.99. The molecule has 2 aromatic rings. The highest BCUT2D eigenvalue weighted by atomic mass is 32.2. The molecule has 0 aliphatic rings. The lowest BCUT2D eigenvalue weighted by atomic mass is 10.2. The minimum absolute atomic E-state index is 0.148. The third-order valence-electron chi connectivity index (χ3n) is 2.48. The molecule has 2 rings (SSSR count). The van der Waals surface area contributed by atoms with Crippen LogP contribution in [0.3, 0.4) is 0 Å². The van der Waals surface area contributed by atoms with Gasteiger partial charge in [0.2, 0.25) is 11.8 Å². The summed E-state index contributed by atoms with van der Waals surface area (Å²) in [5.74, 6) is 0.788. The second-order valence-corrected chi connectivity index (χ2v) is 5.84. The molecule has 1 amide bonds. The molecule has 0 aliphatic carbocycles. The number of hydrogen-bond acceptors (Lipinski definition) is 6. The van der Waals surface area contributed by atoms with E-state index in [1.54, 1.807) is 30.0 Å². The number of carbonyl (C=O) groups is 1. The van der Waals surface area contributed by atoms with E-state index in [4.69, 9.17) is 4.42 Å². The Balaban J connectivity index is 1.75. The summed E-state index contributed by atoms with van der Waals surface area (Å²) in [5, 5.41) is 10.7. The van der Waals surface area contributed by atoms with E-state index in [9.17, 15) is 9.18 Å². The molecule has 0 radical (unpaired) electrons. The van der Waals surface area contributed by atoms with Gasteiger partial charge in [0.05, 0.1) is 11.5 Å². The predicted octanol–water partition coefficient (Wildman–Crippen LogP) is 2.48. The second kappa shape index (κ2) is 8.04. The van der Waals surface area contributed by atoms with E-state index >= 15 is 0 Å². The Bertz CT molecular complexity index is 607. The number of nitrogens with zero attached hydrogens (tertiary/aromatic N) is 2. The monoisotopic (exact) mass is 327 g/mol. The fraction of sp³-hybridized carbons (Fsp3) is 0.308. The minimum Gasteiger partial charge on any atom is -0.415 e. The molecule has 21 heavy (non-hydrogen) atoms. The molecule has 0 spiro atoms. The number of rotatable bonds is 7. The van der Waals surface area contributed by atoms with Gasteiger partial charge in [-0.15, -0.1) is 10.2 Å². The first-order valence-electron chi connectivity index (χ1n) is 6.13. The first-order chi connectivity index (χ1) is 10.2. The lowest BCUT2D eigenvalue weighted by molar-refractivity contribution is -0.118. The molecule has 0 unspecified atom stereocenters. The highest BCUT2D eigenvalue weighted by Crippen LogP contribution is 2.17. The number of carbonyl (C=O) groups excluding carboxylic acids is 1. The van der Waals surface area contributed by atoms with Crippen molar-refractivity contribution in [3.63, 3.8) is 0 Å². The SMILES string of the molecule is CSCc1nnc(SCC(=O)NCc2ccccc2F)o1. The van der Waals surface area contributed by atoms with Crippen LogP contribution < -0.4 is 5.32 Å². The van der Waals surface area contributed by atoms with E-state index in [2.05, 4.69) is 15.5 Å². The summed E-state index contributed by atoms with van der Waals surface area (Å²) >= 11 is 2.74. The van der Waals surface area contributed by atoms with Crippen LogP contribution in [0.15, 0.2) is 33.9 Å². The molecule has 1 heterocycles. The Morgan fingerprint density at radius 3 is 2.95 bits per heavy atom. The van der Waals surface area contributed by atoms with Crippen molar-refractivity contribution in [2.24, 2.45) is 0 Å². The Labute approximate surface area is 130 Å². The van der Waals surface area contributed by atoms with Crippen molar-refractivity contribution in [1.82, 2.24) is 15.5 Å². The minimum atomic E-state index is -0.330. The Morgan fingerprint density at radius 1 is 1.38 bits per heavy atom. The maximum atomic E-state index is 13.4. The molecule has 8 heteroatoms. The molecule has 0 saturated carbocycles. The molecule has 0 atom stereocenters. The highest BCUT2D eigenvalue weighted by Gasteiger charge is 2.10. The lowest BCUT2D eigenvalue weighted by Crippen LogP contribution is -2.25. The van der Waals surface area contributed by atoms with Crippen molar-refractivity contribution in [3.8, 4) is 0 Å². The number of halogens is 1. The predicted molar refractivity (Wildman–Crippen MR) is 80.5 cm³/mol. The van der Waals surface area contributed by atoms with Crippen LogP contribution in [0.4, 0.5) is 4.39 Å². The first kappa shape index (κ1) is 15.8. The van der Waals surface area contributed by atoms with Crippen LogP contribution in [0.2, 0.25) is 0 Å². The second-order valence-electron chi connectivity index (χ2n) is 4.05. The van der Waals surface area contributed by atoms with E-state index in [-0.39, 0.29) is 24.0 Å². The summed E-state index contributed by atoms with van der Waals surface area (Å²) < 4.78 is 18.7. The Kier molecular flexibility index (Phi) is 6.06. The molecule has 1 N–H and O–H groups in total. The van der Waals surface area contributed by atoms with Crippen LogP contribution in [-0.2, 0) is 17.1 Å². The number of aromatic nitrogens is 2. The van der Waals surface area contributed by atoms with Crippen LogP contribution in [0.1, 0.15) is 11.5 Å². The molecular formula is C13H14FN3O2S2. The van der Waals surface area contributed by atoms with E-state index in [1.165, 1.54) is 6.07 Å². The number of benzene rings is 1. The van der Waals surface area contributed by atoms with E-state index < -0.39 is 0 Å². The van der Waals surface area contributed by atoms with Gasteiger partial charge in [-0.25, -0.2) is 4.39 Å². The summed E-state index contributed by atoms with van der Waals surface area (Å²) in [4.78, 5) is 11.7. The van der Waals surface area contributed by atoms with Crippen LogP contribution in [0, 0.1) is 5.82 Å². The molecule has 5 nitrogen and oxygen atoms in total.